The molecule has 1 amide bonds. The molecule has 26 heavy (non-hydrogen) atoms. The van der Waals surface area contributed by atoms with Gasteiger partial charge in [-0.3, -0.25) is 4.18 Å². The first-order valence-electron chi connectivity index (χ1n) is 8.34. The Labute approximate surface area is 155 Å². The number of ether oxygens (including phenoxy) is 2. The smallest absolute Gasteiger partial charge is 0.410 e. The lowest BCUT2D eigenvalue weighted by Gasteiger charge is -2.26. The van der Waals surface area contributed by atoms with Gasteiger partial charge in [-0.15, -0.1) is 0 Å². The van der Waals surface area contributed by atoms with Crippen LogP contribution in [0, 0.1) is 0 Å². The van der Waals surface area contributed by atoms with Crippen molar-refractivity contribution in [3.8, 4) is 5.75 Å². The molecule has 0 unspecified atom stereocenters. The molecular weight excluding hydrogens is 358 g/mol. The van der Waals surface area contributed by atoms with E-state index in [9.17, 15) is 13.2 Å². The number of hydrogen-bond acceptors (Lipinski definition) is 6. The summed E-state index contributed by atoms with van der Waals surface area (Å²) in [6, 6.07) is 9.20. The normalized spacial score (nSPS) is 12.2. The monoisotopic (exact) mass is 385 g/mol. The molecule has 0 aromatic heterocycles. The van der Waals surface area contributed by atoms with E-state index in [-0.39, 0.29) is 26.3 Å². The summed E-state index contributed by atoms with van der Waals surface area (Å²) >= 11 is 0. The van der Waals surface area contributed by atoms with E-state index in [0.717, 1.165) is 5.41 Å². The summed E-state index contributed by atoms with van der Waals surface area (Å²) in [4.78, 5) is 13.7. The first-order valence-corrected chi connectivity index (χ1v) is 9.82. The van der Waals surface area contributed by atoms with E-state index in [0.29, 0.717) is 5.75 Å². The van der Waals surface area contributed by atoms with Crippen LogP contribution in [0.25, 0.3) is 0 Å². The number of hydrogen-bond donors (Lipinski definition) is 0. The molecule has 0 radical (unpaired) electrons. The molecule has 0 fully saturated rings. The Hall–Kier alpha value is -2.06. The van der Waals surface area contributed by atoms with Crippen molar-refractivity contribution in [2.24, 2.45) is 0 Å². The zero-order valence-electron chi connectivity index (χ0n) is 15.7. The lowest BCUT2D eigenvalue weighted by molar-refractivity contribution is 0.0249. The standard InChI is InChI=1S/C18H27NO6S/c1-5-24-26(21,22)15-9-12-19(17(20)25-18(2,3)4)13-14-23-16-10-7-6-8-11-16/h6-11,15H,5,12-14H2,1-4H3/b15-9+. The van der Waals surface area contributed by atoms with Crippen molar-refractivity contribution >= 4 is 16.2 Å². The SMILES string of the molecule is CCOS(=O)(=O)/C=C/CN(CCOc1ccccc1)C(=O)OC(C)(C)C. The van der Waals surface area contributed by atoms with Crippen molar-refractivity contribution in [2.45, 2.75) is 33.3 Å². The summed E-state index contributed by atoms with van der Waals surface area (Å²) < 4.78 is 38.6. The maximum Gasteiger partial charge on any atom is 0.410 e. The minimum atomic E-state index is -3.74. The fourth-order valence-corrected chi connectivity index (χ4v) is 2.59. The van der Waals surface area contributed by atoms with Gasteiger partial charge in [0.2, 0.25) is 0 Å². The third-order valence-electron chi connectivity index (χ3n) is 2.90. The van der Waals surface area contributed by atoms with Gasteiger partial charge in [0, 0.05) is 6.54 Å². The van der Waals surface area contributed by atoms with E-state index in [1.54, 1.807) is 27.7 Å². The Kier molecular flexibility index (Phi) is 8.60. The van der Waals surface area contributed by atoms with Crippen LogP contribution in [0.5, 0.6) is 5.75 Å². The first-order chi connectivity index (χ1) is 12.1. The van der Waals surface area contributed by atoms with Crippen LogP contribution >= 0.6 is 0 Å². The van der Waals surface area contributed by atoms with E-state index in [1.165, 1.54) is 11.0 Å². The minimum Gasteiger partial charge on any atom is -0.492 e. The van der Waals surface area contributed by atoms with E-state index in [4.69, 9.17) is 9.47 Å². The largest absolute Gasteiger partial charge is 0.492 e. The molecule has 0 saturated carbocycles. The Morgan fingerprint density at radius 1 is 1.19 bits per heavy atom. The molecule has 0 spiro atoms. The van der Waals surface area contributed by atoms with Gasteiger partial charge in [-0.1, -0.05) is 24.3 Å². The molecule has 0 aliphatic heterocycles. The van der Waals surface area contributed by atoms with E-state index < -0.39 is 21.8 Å². The lowest BCUT2D eigenvalue weighted by Crippen LogP contribution is -2.39. The highest BCUT2D eigenvalue weighted by Gasteiger charge is 2.21. The van der Waals surface area contributed by atoms with Crippen molar-refractivity contribution in [1.29, 1.82) is 0 Å². The third kappa shape index (κ3) is 9.43. The van der Waals surface area contributed by atoms with Gasteiger partial charge in [0.25, 0.3) is 10.1 Å². The Balaban J connectivity index is 2.69. The molecule has 1 rings (SSSR count). The van der Waals surface area contributed by atoms with Crippen molar-refractivity contribution < 1.29 is 26.9 Å². The lowest BCUT2D eigenvalue weighted by atomic mass is 10.2. The number of amides is 1. The molecule has 0 N–H and O–H groups in total. The zero-order chi connectivity index (χ0) is 19.6. The highest BCUT2D eigenvalue weighted by Crippen LogP contribution is 2.11. The van der Waals surface area contributed by atoms with Crippen molar-refractivity contribution in [3.05, 3.63) is 41.8 Å². The molecule has 0 aliphatic rings. The highest BCUT2D eigenvalue weighted by atomic mass is 32.2. The number of carbonyl (C=O) groups is 1. The Morgan fingerprint density at radius 3 is 2.42 bits per heavy atom. The van der Waals surface area contributed by atoms with Gasteiger partial charge in [0.05, 0.1) is 18.6 Å². The summed E-state index contributed by atoms with van der Waals surface area (Å²) in [6.07, 6.45) is 0.796. The van der Waals surface area contributed by atoms with Gasteiger partial charge >= 0.3 is 6.09 Å². The number of nitrogens with zero attached hydrogens (tertiary/aromatic N) is 1. The third-order valence-corrected chi connectivity index (χ3v) is 3.99. The van der Waals surface area contributed by atoms with Crippen molar-refractivity contribution in [1.82, 2.24) is 4.90 Å². The van der Waals surface area contributed by atoms with Crippen LogP contribution in [-0.4, -0.2) is 51.3 Å². The fourth-order valence-electron chi connectivity index (χ4n) is 1.87. The number of carbonyl (C=O) groups excluding carboxylic acids is 1. The molecule has 8 heteroatoms. The number of benzene rings is 1. The van der Waals surface area contributed by atoms with Crippen LogP contribution in [0.1, 0.15) is 27.7 Å². The summed E-state index contributed by atoms with van der Waals surface area (Å²) in [5.74, 6) is 0.686. The van der Waals surface area contributed by atoms with Crippen LogP contribution in [0.15, 0.2) is 41.8 Å². The van der Waals surface area contributed by atoms with Gasteiger partial charge in [-0.05, 0) is 39.8 Å². The highest BCUT2D eigenvalue weighted by molar-refractivity contribution is 7.89. The topological polar surface area (TPSA) is 82.1 Å². The van der Waals surface area contributed by atoms with Crippen LogP contribution < -0.4 is 4.74 Å². The molecular formula is C18H27NO6S. The summed E-state index contributed by atoms with van der Waals surface area (Å²) in [5.41, 5.74) is -0.656. The second kappa shape index (κ2) is 10.2. The summed E-state index contributed by atoms with van der Waals surface area (Å²) in [7, 11) is -3.74. The number of para-hydroxylation sites is 1. The van der Waals surface area contributed by atoms with Crippen LogP contribution in [-0.2, 0) is 19.0 Å². The summed E-state index contributed by atoms with van der Waals surface area (Å²) in [5, 5.41) is 0.936. The zero-order valence-corrected chi connectivity index (χ0v) is 16.5. The maximum atomic E-state index is 12.3. The minimum absolute atomic E-state index is 0.0490. The molecule has 1 aromatic carbocycles. The second-order valence-electron chi connectivity index (χ2n) is 6.36. The molecule has 0 aliphatic carbocycles. The molecule has 1 aromatic rings. The average molecular weight is 385 g/mol. The van der Waals surface area contributed by atoms with Crippen LogP contribution in [0.4, 0.5) is 4.79 Å². The fraction of sp³-hybridized carbons (Fsp3) is 0.500. The maximum absolute atomic E-state index is 12.3. The van der Waals surface area contributed by atoms with Gasteiger partial charge in [0.1, 0.15) is 18.0 Å². The quantitative estimate of drug-likeness (QED) is 0.607. The molecule has 7 nitrogen and oxygen atoms in total. The molecule has 0 saturated heterocycles. The average Bonchev–Trinajstić information content (AvgIpc) is 2.52. The first kappa shape index (κ1) is 22.0. The predicted octanol–water partition coefficient (Wildman–Crippen LogP) is 3.18. The van der Waals surface area contributed by atoms with Gasteiger partial charge in [0.15, 0.2) is 0 Å². The molecule has 0 atom stereocenters. The molecule has 0 bridgehead atoms. The van der Waals surface area contributed by atoms with E-state index in [2.05, 4.69) is 4.18 Å². The van der Waals surface area contributed by atoms with Crippen LogP contribution in [0.2, 0.25) is 0 Å². The second-order valence-corrected chi connectivity index (χ2v) is 7.85. The Morgan fingerprint density at radius 2 is 1.85 bits per heavy atom. The Bertz CT molecular complexity index is 679. The van der Waals surface area contributed by atoms with E-state index in [1.807, 2.05) is 30.3 Å². The van der Waals surface area contributed by atoms with Gasteiger partial charge in [-0.2, -0.15) is 8.42 Å². The van der Waals surface area contributed by atoms with Gasteiger partial charge < -0.3 is 14.4 Å². The molecule has 0 heterocycles. The van der Waals surface area contributed by atoms with Gasteiger partial charge in [-0.25, -0.2) is 4.79 Å². The predicted molar refractivity (Wildman–Crippen MR) is 99.4 cm³/mol. The summed E-state index contributed by atoms with van der Waals surface area (Å²) in [6.45, 7) is 7.46. The number of rotatable bonds is 9. The van der Waals surface area contributed by atoms with Crippen LogP contribution in [0.3, 0.4) is 0 Å². The van der Waals surface area contributed by atoms with E-state index >= 15 is 0 Å². The van der Waals surface area contributed by atoms with Crippen molar-refractivity contribution in [2.75, 3.05) is 26.3 Å². The van der Waals surface area contributed by atoms with Crippen molar-refractivity contribution in [3.63, 3.8) is 0 Å². The molecule has 146 valence electrons.